The maximum absolute atomic E-state index is 13.7. The second kappa shape index (κ2) is 11.9. The van der Waals surface area contributed by atoms with Crippen molar-refractivity contribution < 1.29 is 14.3 Å². The van der Waals surface area contributed by atoms with Crippen molar-refractivity contribution in [3.05, 3.63) is 65.2 Å². The zero-order chi connectivity index (χ0) is 24.7. The molecule has 188 valence electrons. The van der Waals surface area contributed by atoms with Gasteiger partial charge in [-0.1, -0.05) is 48.9 Å². The van der Waals surface area contributed by atoms with Crippen molar-refractivity contribution in [2.24, 2.45) is 5.41 Å². The Kier molecular flexibility index (Phi) is 8.72. The minimum absolute atomic E-state index is 0.152. The number of likely N-dealkylation sites (tertiary alicyclic amines) is 2. The van der Waals surface area contributed by atoms with Crippen LogP contribution >= 0.6 is 11.6 Å². The average Bonchev–Trinajstić information content (AvgIpc) is 2.90. The van der Waals surface area contributed by atoms with Gasteiger partial charge in [0, 0.05) is 43.0 Å². The van der Waals surface area contributed by atoms with E-state index in [0.717, 1.165) is 63.1 Å². The number of hydrogen-bond donors (Lipinski definition) is 0. The van der Waals surface area contributed by atoms with Crippen LogP contribution in [-0.4, -0.2) is 54.4 Å². The monoisotopic (exact) mass is 496 g/mol. The summed E-state index contributed by atoms with van der Waals surface area (Å²) in [5.41, 5.74) is 0.648. The van der Waals surface area contributed by atoms with Crippen LogP contribution in [0.5, 0.6) is 5.75 Å². The van der Waals surface area contributed by atoms with E-state index < -0.39 is 5.41 Å². The van der Waals surface area contributed by atoms with Gasteiger partial charge in [-0.05, 0) is 68.4 Å². The molecule has 2 amide bonds. The molecular formula is C29H37ClN2O3. The quantitative estimate of drug-likeness (QED) is 0.455. The molecule has 0 bridgehead atoms. The molecule has 2 aliphatic rings. The first-order valence-corrected chi connectivity index (χ1v) is 13.4. The van der Waals surface area contributed by atoms with Crippen LogP contribution in [0.2, 0.25) is 5.02 Å². The number of nitrogens with zero attached hydrogens (tertiary/aromatic N) is 2. The van der Waals surface area contributed by atoms with Gasteiger partial charge in [0.25, 0.3) is 0 Å². The summed E-state index contributed by atoms with van der Waals surface area (Å²) in [6.45, 7) is 5.41. The lowest BCUT2D eigenvalue weighted by atomic mass is 9.76. The Bertz CT molecular complexity index is 975. The molecule has 2 fully saturated rings. The van der Waals surface area contributed by atoms with E-state index in [9.17, 15) is 9.59 Å². The molecule has 35 heavy (non-hydrogen) atoms. The van der Waals surface area contributed by atoms with E-state index in [4.69, 9.17) is 16.3 Å². The number of carbonyl (C=O) groups excluding carboxylic acids is 2. The third-order valence-corrected chi connectivity index (χ3v) is 7.73. The Hall–Kier alpha value is -2.53. The summed E-state index contributed by atoms with van der Waals surface area (Å²) < 4.78 is 6.22. The molecule has 2 saturated heterocycles. The summed E-state index contributed by atoms with van der Waals surface area (Å²) in [4.78, 5) is 31.0. The SMILES string of the molecule is CC[C@@H](C(=O)N1CCC[C@](COc2ccc(Cl)cc2)(CC(=O)N2CCCCC2)C1)c1ccccc1. The minimum atomic E-state index is -0.406. The van der Waals surface area contributed by atoms with E-state index in [-0.39, 0.29) is 17.7 Å². The minimum Gasteiger partial charge on any atom is -0.493 e. The van der Waals surface area contributed by atoms with Gasteiger partial charge < -0.3 is 14.5 Å². The van der Waals surface area contributed by atoms with Gasteiger partial charge in [-0.15, -0.1) is 0 Å². The first-order valence-electron chi connectivity index (χ1n) is 13.0. The second-order valence-electron chi connectivity index (χ2n) is 10.1. The fraction of sp³-hybridized carbons (Fsp3) is 0.517. The Balaban J connectivity index is 1.53. The predicted octanol–water partition coefficient (Wildman–Crippen LogP) is 5.92. The second-order valence-corrected chi connectivity index (χ2v) is 10.5. The molecule has 0 aliphatic carbocycles. The molecular weight excluding hydrogens is 460 g/mol. The Morgan fingerprint density at radius 3 is 2.31 bits per heavy atom. The fourth-order valence-electron chi connectivity index (χ4n) is 5.51. The van der Waals surface area contributed by atoms with E-state index in [1.807, 2.05) is 64.4 Å². The highest BCUT2D eigenvalue weighted by atomic mass is 35.5. The molecule has 0 saturated carbocycles. The number of ether oxygens (including phenoxy) is 1. The van der Waals surface area contributed by atoms with Crippen molar-refractivity contribution >= 4 is 23.4 Å². The third kappa shape index (κ3) is 6.58. The van der Waals surface area contributed by atoms with Gasteiger partial charge >= 0.3 is 0 Å². The number of piperidine rings is 2. The van der Waals surface area contributed by atoms with Gasteiger partial charge in [-0.3, -0.25) is 9.59 Å². The first kappa shape index (κ1) is 25.6. The van der Waals surface area contributed by atoms with Crippen molar-refractivity contribution in [1.29, 1.82) is 0 Å². The van der Waals surface area contributed by atoms with E-state index in [1.54, 1.807) is 0 Å². The lowest BCUT2D eigenvalue weighted by molar-refractivity contribution is -0.143. The molecule has 0 spiro atoms. The van der Waals surface area contributed by atoms with Gasteiger partial charge in [0.2, 0.25) is 11.8 Å². The highest BCUT2D eigenvalue weighted by Crippen LogP contribution is 2.37. The lowest BCUT2D eigenvalue weighted by Crippen LogP contribution is -2.52. The van der Waals surface area contributed by atoms with Gasteiger partial charge in [-0.2, -0.15) is 0 Å². The van der Waals surface area contributed by atoms with Crippen LogP contribution in [0.15, 0.2) is 54.6 Å². The van der Waals surface area contributed by atoms with Crippen molar-refractivity contribution in [3.63, 3.8) is 0 Å². The highest BCUT2D eigenvalue weighted by molar-refractivity contribution is 6.30. The molecule has 5 nitrogen and oxygen atoms in total. The molecule has 0 unspecified atom stereocenters. The summed E-state index contributed by atoms with van der Waals surface area (Å²) in [5, 5.41) is 0.660. The summed E-state index contributed by atoms with van der Waals surface area (Å²) >= 11 is 6.04. The fourth-order valence-corrected chi connectivity index (χ4v) is 5.64. The van der Waals surface area contributed by atoms with Crippen LogP contribution in [0.1, 0.15) is 63.4 Å². The molecule has 2 aliphatic heterocycles. The number of amides is 2. The van der Waals surface area contributed by atoms with Crippen LogP contribution in [-0.2, 0) is 9.59 Å². The van der Waals surface area contributed by atoms with Crippen molar-refractivity contribution in [1.82, 2.24) is 9.80 Å². The van der Waals surface area contributed by atoms with Gasteiger partial charge in [0.1, 0.15) is 5.75 Å². The number of halogens is 1. The van der Waals surface area contributed by atoms with Crippen molar-refractivity contribution in [2.75, 3.05) is 32.8 Å². The van der Waals surface area contributed by atoms with Crippen molar-refractivity contribution in [2.45, 2.75) is 57.8 Å². The summed E-state index contributed by atoms with van der Waals surface area (Å²) in [7, 11) is 0. The lowest BCUT2D eigenvalue weighted by Gasteiger charge is -2.44. The molecule has 0 radical (unpaired) electrons. The molecule has 2 aromatic carbocycles. The highest BCUT2D eigenvalue weighted by Gasteiger charge is 2.42. The van der Waals surface area contributed by atoms with Crippen LogP contribution in [0, 0.1) is 5.41 Å². The van der Waals surface area contributed by atoms with Crippen LogP contribution < -0.4 is 4.74 Å². The number of rotatable bonds is 8. The van der Waals surface area contributed by atoms with Crippen LogP contribution in [0.25, 0.3) is 0 Å². The van der Waals surface area contributed by atoms with Crippen LogP contribution in [0.4, 0.5) is 0 Å². The van der Waals surface area contributed by atoms with Gasteiger partial charge in [0.15, 0.2) is 0 Å². The molecule has 0 N–H and O–H groups in total. The maximum Gasteiger partial charge on any atom is 0.230 e. The van der Waals surface area contributed by atoms with Gasteiger partial charge in [-0.25, -0.2) is 0 Å². The Morgan fingerprint density at radius 1 is 0.943 bits per heavy atom. The number of benzene rings is 2. The van der Waals surface area contributed by atoms with E-state index in [2.05, 4.69) is 6.92 Å². The van der Waals surface area contributed by atoms with Crippen LogP contribution in [0.3, 0.4) is 0 Å². The van der Waals surface area contributed by atoms with Crippen molar-refractivity contribution in [3.8, 4) is 5.75 Å². The summed E-state index contributed by atoms with van der Waals surface area (Å²) in [6, 6.07) is 17.4. The van der Waals surface area contributed by atoms with E-state index in [1.165, 1.54) is 6.42 Å². The molecule has 2 aromatic rings. The third-order valence-electron chi connectivity index (χ3n) is 7.48. The molecule has 2 atom stereocenters. The predicted molar refractivity (Wildman–Crippen MR) is 140 cm³/mol. The standard InChI is InChI=1S/C29H37ClN2O3/c1-2-26(23-10-5-3-6-11-23)28(34)32-19-9-16-29(21-32,20-27(33)31-17-7-4-8-18-31)22-35-25-14-12-24(30)13-15-25/h3,5-6,10-15,26H,2,4,7-9,16-22H2,1H3/t26-,29+/m1/s1. The topological polar surface area (TPSA) is 49.9 Å². The molecule has 4 rings (SSSR count). The van der Waals surface area contributed by atoms with E-state index >= 15 is 0 Å². The Morgan fingerprint density at radius 2 is 1.63 bits per heavy atom. The molecule has 2 heterocycles. The zero-order valence-corrected chi connectivity index (χ0v) is 21.5. The smallest absolute Gasteiger partial charge is 0.230 e. The number of carbonyl (C=O) groups is 2. The van der Waals surface area contributed by atoms with E-state index in [0.29, 0.717) is 24.6 Å². The normalized spacial score (nSPS) is 21.4. The number of hydrogen-bond acceptors (Lipinski definition) is 3. The largest absolute Gasteiger partial charge is 0.493 e. The molecule has 0 aromatic heterocycles. The van der Waals surface area contributed by atoms with Gasteiger partial charge in [0.05, 0.1) is 12.5 Å². The summed E-state index contributed by atoms with van der Waals surface area (Å²) in [6.07, 6.45) is 6.22. The zero-order valence-electron chi connectivity index (χ0n) is 20.8. The summed E-state index contributed by atoms with van der Waals surface area (Å²) in [5.74, 6) is 0.911. The maximum atomic E-state index is 13.7. The first-order chi connectivity index (χ1) is 17.0. The average molecular weight is 497 g/mol. The Labute approximate surface area is 214 Å². The molecule has 6 heteroatoms.